The number of halogens is 5. The van der Waals surface area contributed by atoms with Crippen LogP contribution in [0.2, 0.25) is 0 Å². The van der Waals surface area contributed by atoms with Gasteiger partial charge in [0.1, 0.15) is 17.1 Å². The third-order valence-corrected chi connectivity index (χ3v) is 1.90. The number of rotatable bonds is 5. The Morgan fingerprint density at radius 1 is 1.20 bits per heavy atom. The van der Waals surface area contributed by atoms with Crippen molar-refractivity contribution in [3.8, 4) is 5.75 Å². The first-order chi connectivity index (χ1) is 9.12. The van der Waals surface area contributed by atoms with Gasteiger partial charge in [0.15, 0.2) is 5.82 Å². The standard InChI is InChI=1S/C10H10BF5O4/c1-5(2)19-20-11(17)18-7-4-3-6(12)8(9(7)13)10(14,15)16/h3-5,17H,1-2H3. The van der Waals surface area contributed by atoms with Gasteiger partial charge >= 0.3 is 13.5 Å². The van der Waals surface area contributed by atoms with Crippen LogP contribution in [0.15, 0.2) is 12.1 Å². The average molecular weight is 300 g/mol. The van der Waals surface area contributed by atoms with Gasteiger partial charge in [-0.15, -0.1) is 0 Å². The van der Waals surface area contributed by atoms with E-state index in [1.54, 1.807) is 0 Å². The van der Waals surface area contributed by atoms with Crippen molar-refractivity contribution in [3.05, 3.63) is 29.3 Å². The molecule has 0 atom stereocenters. The maximum atomic E-state index is 13.5. The van der Waals surface area contributed by atoms with Gasteiger partial charge in [0.05, 0.1) is 6.10 Å². The van der Waals surface area contributed by atoms with Gasteiger partial charge in [0.25, 0.3) is 0 Å². The highest BCUT2D eigenvalue weighted by Gasteiger charge is 2.39. The van der Waals surface area contributed by atoms with Crippen molar-refractivity contribution in [1.82, 2.24) is 0 Å². The molecule has 1 aromatic carbocycles. The minimum atomic E-state index is -5.24. The van der Waals surface area contributed by atoms with Crippen LogP contribution in [0.4, 0.5) is 22.0 Å². The van der Waals surface area contributed by atoms with Crippen molar-refractivity contribution in [2.75, 3.05) is 0 Å². The van der Waals surface area contributed by atoms with Gasteiger partial charge in [-0.1, -0.05) is 0 Å². The molecule has 0 amide bonds. The van der Waals surface area contributed by atoms with E-state index in [-0.39, 0.29) is 0 Å². The largest absolute Gasteiger partial charge is 0.739 e. The smallest absolute Gasteiger partial charge is 0.508 e. The second-order valence-corrected chi connectivity index (χ2v) is 3.90. The summed E-state index contributed by atoms with van der Waals surface area (Å²) in [5, 5.41) is 9.13. The molecule has 0 aliphatic heterocycles. The molecule has 0 saturated carbocycles. The molecule has 1 aromatic rings. The van der Waals surface area contributed by atoms with E-state index in [0.717, 1.165) is 0 Å². The minimum absolute atomic E-state index is 0.358. The van der Waals surface area contributed by atoms with E-state index in [4.69, 9.17) is 5.02 Å². The molecule has 0 bridgehead atoms. The predicted molar refractivity (Wildman–Crippen MR) is 57.3 cm³/mol. The molecule has 0 aliphatic carbocycles. The van der Waals surface area contributed by atoms with Gasteiger partial charge in [-0.3, -0.25) is 0 Å². The van der Waals surface area contributed by atoms with Crippen molar-refractivity contribution in [2.24, 2.45) is 0 Å². The molecule has 0 fully saturated rings. The summed E-state index contributed by atoms with van der Waals surface area (Å²) in [6, 6.07) is 0.944. The molecule has 0 aromatic heterocycles. The summed E-state index contributed by atoms with van der Waals surface area (Å²) in [4.78, 5) is 8.65. The van der Waals surface area contributed by atoms with Crippen LogP contribution in [0.5, 0.6) is 5.75 Å². The van der Waals surface area contributed by atoms with Crippen molar-refractivity contribution in [2.45, 2.75) is 26.1 Å². The van der Waals surface area contributed by atoms with Crippen LogP contribution in [0.25, 0.3) is 0 Å². The zero-order chi connectivity index (χ0) is 15.5. The molecule has 1 N–H and O–H groups in total. The Bertz CT molecular complexity index is 466. The lowest BCUT2D eigenvalue weighted by atomic mass is 10.1. The summed E-state index contributed by atoms with van der Waals surface area (Å²) >= 11 is 0. The second kappa shape index (κ2) is 6.38. The van der Waals surface area contributed by atoms with Gasteiger partial charge in [0.2, 0.25) is 0 Å². The van der Waals surface area contributed by atoms with Crippen LogP contribution in [-0.2, 0) is 15.9 Å². The highest BCUT2D eigenvalue weighted by Crippen LogP contribution is 2.36. The van der Waals surface area contributed by atoms with Crippen LogP contribution in [-0.4, -0.2) is 18.4 Å². The first kappa shape index (κ1) is 16.7. The summed E-state index contributed by atoms with van der Waals surface area (Å²) in [6.07, 6.45) is -5.72. The number of hydrogen-bond donors (Lipinski definition) is 1. The molecule has 112 valence electrons. The van der Waals surface area contributed by atoms with E-state index in [2.05, 4.69) is 14.3 Å². The van der Waals surface area contributed by atoms with E-state index >= 15 is 0 Å². The Morgan fingerprint density at radius 3 is 2.30 bits per heavy atom. The molecule has 1 rings (SSSR count). The van der Waals surface area contributed by atoms with Gasteiger partial charge in [-0.05, 0) is 26.0 Å². The molecular weight excluding hydrogens is 290 g/mol. The van der Waals surface area contributed by atoms with Gasteiger partial charge in [-0.25, -0.2) is 18.5 Å². The topological polar surface area (TPSA) is 47.9 Å². The van der Waals surface area contributed by atoms with E-state index < -0.39 is 42.5 Å². The molecule has 0 radical (unpaired) electrons. The third-order valence-electron chi connectivity index (χ3n) is 1.90. The van der Waals surface area contributed by atoms with Crippen LogP contribution in [0.1, 0.15) is 19.4 Å². The normalized spacial score (nSPS) is 11.8. The fourth-order valence-corrected chi connectivity index (χ4v) is 1.17. The first-order valence-electron chi connectivity index (χ1n) is 5.35. The van der Waals surface area contributed by atoms with Crippen molar-refractivity contribution >= 4 is 7.32 Å². The zero-order valence-corrected chi connectivity index (χ0v) is 10.4. The predicted octanol–water partition coefficient (Wildman–Crippen LogP) is 2.70. The Hall–Kier alpha value is -1.39. The molecule has 4 nitrogen and oxygen atoms in total. The average Bonchev–Trinajstić information content (AvgIpc) is 2.28. The fourth-order valence-electron chi connectivity index (χ4n) is 1.17. The minimum Gasteiger partial charge on any atom is -0.508 e. The van der Waals surface area contributed by atoms with E-state index in [1.807, 2.05) is 0 Å². The van der Waals surface area contributed by atoms with Crippen LogP contribution >= 0.6 is 0 Å². The highest BCUT2D eigenvalue weighted by atomic mass is 19.4. The van der Waals surface area contributed by atoms with Crippen LogP contribution < -0.4 is 4.65 Å². The van der Waals surface area contributed by atoms with E-state index in [0.29, 0.717) is 12.1 Å². The lowest BCUT2D eigenvalue weighted by Gasteiger charge is -2.14. The quantitative estimate of drug-likeness (QED) is 0.393. The van der Waals surface area contributed by atoms with Crippen molar-refractivity contribution in [1.29, 1.82) is 0 Å². The lowest BCUT2D eigenvalue weighted by Crippen LogP contribution is -2.28. The summed E-state index contributed by atoms with van der Waals surface area (Å²) < 4.78 is 68.1. The van der Waals surface area contributed by atoms with Gasteiger partial charge < -0.3 is 9.68 Å². The van der Waals surface area contributed by atoms with Crippen molar-refractivity contribution in [3.63, 3.8) is 0 Å². The maximum absolute atomic E-state index is 13.5. The fraction of sp³-hybridized carbons (Fsp3) is 0.400. The van der Waals surface area contributed by atoms with Crippen molar-refractivity contribution < 1.29 is 41.3 Å². The Labute approximate surface area is 111 Å². The molecule has 0 aliphatic rings. The Balaban J connectivity index is 2.92. The Morgan fingerprint density at radius 2 is 1.80 bits per heavy atom. The van der Waals surface area contributed by atoms with Gasteiger partial charge in [-0.2, -0.15) is 13.2 Å². The third kappa shape index (κ3) is 4.32. The summed E-state index contributed by atoms with van der Waals surface area (Å²) in [6.45, 7) is 3.07. The number of hydrogen-bond acceptors (Lipinski definition) is 4. The van der Waals surface area contributed by atoms with Crippen LogP contribution in [0.3, 0.4) is 0 Å². The summed E-state index contributed by atoms with van der Waals surface area (Å²) in [5.74, 6) is -4.82. The lowest BCUT2D eigenvalue weighted by molar-refractivity contribution is -0.258. The maximum Gasteiger partial charge on any atom is 0.739 e. The number of alkyl halides is 3. The molecule has 20 heavy (non-hydrogen) atoms. The molecule has 0 saturated heterocycles. The molecule has 0 unspecified atom stereocenters. The van der Waals surface area contributed by atoms with Crippen LogP contribution in [0, 0.1) is 11.6 Å². The van der Waals surface area contributed by atoms with E-state index in [1.165, 1.54) is 13.8 Å². The summed E-state index contributed by atoms with van der Waals surface area (Å²) in [7, 11) is -2.17. The summed E-state index contributed by atoms with van der Waals surface area (Å²) in [5.41, 5.74) is -2.12. The van der Waals surface area contributed by atoms with Gasteiger partial charge in [0, 0.05) is 0 Å². The molecule has 10 heteroatoms. The monoisotopic (exact) mass is 300 g/mol. The second-order valence-electron chi connectivity index (χ2n) is 3.90. The molecule has 0 heterocycles. The first-order valence-corrected chi connectivity index (χ1v) is 5.35. The Kier molecular flexibility index (Phi) is 5.31. The highest BCUT2D eigenvalue weighted by molar-refractivity contribution is 6.35. The van der Waals surface area contributed by atoms with E-state index in [9.17, 15) is 22.0 Å². The number of benzene rings is 1. The molecule has 0 spiro atoms. The SMILES string of the molecule is CC(C)OOB(O)Oc1ccc(F)c(C(F)(F)F)c1F. The molecular formula is C10H10BF5O4. The zero-order valence-electron chi connectivity index (χ0n) is 10.4.